The molecule has 19 heavy (non-hydrogen) atoms. The van der Waals surface area contributed by atoms with Gasteiger partial charge in [0.25, 0.3) is 0 Å². The SMILES string of the molecule is CCc1ccc(-c2ccc(C3OC3OC)cc2)cc1. The van der Waals surface area contributed by atoms with Gasteiger partial charge in [-0.05, 0) is 28.7 Å². The van der Waals surface area contributed by atoms with Crippen LogP contribution in [0.25, 0.3) is 11.1 Å². The van der Waals surface area contributed by atoms with E-state index in [0.717, 1.165) is 6.42 Å². The van der Waals surface area contributed by atoms with Crippen molar-refractivity contribution in [1.29, 1.82) is 0 Å². The van der Waals surface area contributed by atoms with Crippen LogP contribution in [0.5, 0.6) is 0 Å². The summed E-state index contributed by atoms with van der Waals surface area (Å²) in [5, 5.41) is 0. The number of aryl methyl sites for hydroxylation is 1. The lowest BCUT2D eigenvalue weighted by Gasteiger charge is -2.04. The summed E-state index contributed by atoms with van der Waals surface area (Å²) in [6.07, 6.45) is 1.13. The van der Waals surface area contributed by atoms with Gasteiger partial charge in [-0.3, -0.25) is 0 Å². The predicted octanol–water partition coefficient (Wildman–Crippen LogP) is 3.96. The Bertz CT molecular complexity index is 542. The molecule has 2 aromatic rings. The van der Waals surface area contributed by atoms with Crippen molar-refractivity contribution < 1.29 is 9.47 Å². The van der Waals surface area contributed by atoms with Crippen LogP contribution >= 0.6 is 0 Å². The molecule has 1 aliphatic heterocycles. The largest absolute Gasteiger partial charge is 0.353 e. The first-order valence-corrected chi connectivity index (χ1v) is 6.69. The second-order valence-corrected chi connectivity index (χ2v) is 4.83. The fraction of sp³-hybridized carbons (Fsp3) is 0.294. The van der Waals surface area contributed by atoms with E-state index in [2.05, 4.69) is 55.5 Å². The number of benzene rings is 2. The van der Waals surface area contributed by atoms with Crippen molar-refractivity contribution in [3.05, 3.63) is 59.7 Å². The van der Waals surface area contributed by atoms with E-state index in [1.807, 2.05) is 0 Å². The molecule has 1 saturated heterocycles. The van der Waals surface area contributed by atoms with Crippen molar-refractivity contribution in [1.82, 2.24) is 0 Å². The molecule has 98 valence electrons. The lowest BCUT2D eigenvalue weighted by Crippen LogP contribution is -1.90. The molecule has 2 heteroatoms. The lowest BCUT2D eigenvalue weighted by molar-refractivity contribution is 0.0950. The van der Waals surface area contributed by atoms with E-state index in [9.17, 15) is 0 Å². The van der Waals surface area contributed by atoms with Gasteiger partial charge in [-0.1, -0.05) is 55.5 Å². The number of rotatable bonds is 4. The number of epoxide rings is 1. The van der Waals surface area contributed by atoms with Crippen LogP contribution in [-0.2, 0) is 15.9 Å². The fourth-order valence-electron chi connectivity index (χ4n) is 2.31. The summed E-state index contributed by atoms with van der Waals surface area (Å²) in [6, 6.07) is 17.3. The van der Waals surface area contributed by atoms with Gasteiger partial charge < -0.3 is 9.47 Å². The molecule has 1 fully saturated rings. The summed E-state index contributed by atoms with van der Waals surface area (Å²) < 4.78 is 10.6. The summed E-state index contributed by atoms with van der Waals surface area (Å²) in [7, 11) is 1.67. The number of hydrogen-bond acceptors (Lipinski definition) is 2. The van der Waals surface area contributed by atoms with Crippen molar-refractivity contribution in [3.63, 3.8) is 0 Å². The van der Waals surface area contributed by atoms with E-state index in [1.54, 1.807) is 7.11 Å². The van der Waals surface area contributed by atoms with E-state index in [0.29, 0.717) is 0 Å². The van der Waals surface area contributed by atoms with E-state index < -0.39 is 0 Å². The lowest BCUT2D eigenvalue weighted by atomic mass is 10.0. The highest BCUT2D eigenvalue weighted by molar-refractivity contribution is 5.64. The molecule has 2 unspecified atom stereocenters. The Kier molecular flexibility index (Phi) is 3.36. The molecule has 0 aromatic heterocycles. The van der Waals surface area contributed by atoms with E-state index in [4.69, 9.17) is 9.47 Å². The molecular formula is C17H18O2. The highest BCUT2D eigenvalue weighted by atomic mass is 16.8. The van der Waals surface area contributed by atoms with Crippen molar-refractivity contribution >= 4 is 0 Å². The third-order valence-electron chi connectivity index (χ3n) is 3.62. The van der Waals surface area contributed by atoms with Gasteiger partial charge in [0, 0.05) is 7.11 Å². The zero-order chi connectivity index (χ0) is 13.2. The van der Waals surface area contributed by atoms with Gasteiger partial charge in [-0.2, -0.15) is 0 Å². The molecule has 0 radical (unpaired) electrons. The second kappa shape index (κ2) is 5.16. The van der Waals surface area contributed by atoms with Crippen molar-refractivity contribution in [2.75, 3.05) is 7.11 Å². The maximum Gasteiger partial charge on any atom is 0.188 e. The molecule has 2 aromatic carbocycles. The van der Waals surface area contributed by atoms with Crippen LogP contribution in [-0.4, -0.2) is 13.4 Å². The minimum atomic E-state index is -0.0605. The number of ether oxygens (including phenoxy) is 2. The third-order valence-corrected chi connectivity index (χ3v) is 3.62. The quantitative estimate of drug-likeness (QED) is 0.770. The molecule has 2 nitrogen and oxygen atoms in total. The van der Waals surface area contributed by atoms with Crippen LogP contribution in [0.2, 0.25) is 0 Å². The molecule has 1 heterocycles. The molecule has 0 amide bonds. The first-order valence-electron chi connectivity index (χ1n) is 6.69. The summed E-state index contributed by atoms with van der Waals surface area (Å²) in [5.74, 6) is 0. The average molecular weight is 254 g/mol. The van der Waals surface area contributed by atoms with Crippen LogP contribution in [0.4, 0.5) is 0 Å². The minimum absolute atomic E-state index is 0.0605. The van der Waals surface area contributed by atoms with Crippen LogP contribution < -0.4 is 0 Å². The topological polar surface area (TPSA) is 21.8 Å². The van der Waals surface area contributed by atoms with Crippen molar-refractivity contribution in [2.45, 2.75) is 25.7 Å². The molecular weight excluding hydrogens is 236 g/mol. The van der Waals surface area contributed by atoms with Gasteiger partial charge in [0.05, 0.1) is 0 Å². The maximum absolute atomic E-state index is 5.41. The average Bonchev–Trinajstić information content (AvgIpc) is 3.27. The number of hydrogen-bond donors (Lipinski definition) is 0. The summed E-state index contributed by atoms with van der Waals surface area (Å²) in [6.45, 7) is 2.17. The molecule has 3 rings (SSSR count). The summed E-state index contributed by atoms with van der Waals surface area (Å²) in [4.78, 5) is 0. The van der Waals surface area contributed by atoms with E-state index >= 15 is 0 Å². The zero-order valence-corrected chi connectivity index (χ0v) is 11.3. The Morgan fingerprint density at radius 3 is 2.00 bits per heavy atom. The molecule has 0 bridgehead atoms. The monoisotopic (exact) mass is 254 g/mol. The molecule has 2 atom stereocenters. The van der Waals surface area contributed by atoms with Crippen LogP contribution in [0, 0.1) is 0 Å². The zero-order valence-electron chi connectivity index (χ0n) is 11.3. The normalized spacial score (nSPS) is 21.4. The van der Waals surface area contributed by atoms with Gasteiger partial charge in [0.15, 0.2) is 6.29 Å². The van der Waals surface area contributed by atoms with Gasteiger partial charge in [0.1, 0.15) is 6.10 Å². The Morgan fingerprint density at radius 2 is 1.53 bits per heavy atom. The fourth-order valence-corrected chi connectivity index (χ4v) is 2.31. The highest BCUT2D eigenvalue weighted by Gasteiger charge is 2.40. The highest BCUT2D eigenvalue weighted by Crippen LogP contribution is 2.39. The van der Waals surface area contributed by atoms with Crippen LogP contribution in [0.3, 0.4) is 0 Å². The first kappa shape index (κ1) is 12.4. The summed E-state index contributed by atoms with van der Waals surface area (Å²) >= 11 is 0. The Morgan fingerprint density at radius 1 is 0.947 bits per heavy atom. The molecule has 0 saturated carbocycles. The van der Waals surface area contributed by atoms with Crippen molar-refractivity contribution in [3.8, 4) is 11.1 Å². The first-order chi connectivity index (χ1) is 9.31. The Balaban J connectivity index is 1.78. The van der Waals surface area contributed by atoms with Gasteiger partial charge in [-0.25, -0.2) is 0 Å². The smallest absolute Gasteiger partial charge is 0.188 e. The van der Waals surface area contributed by atoms with Gasteiger partial charge in [-0.15, -0.1) is 0 Å². The van der Waals surface area contributed by atoms with Crippen LogP contribution in [0.1, 0.15) is 24.2 Å². The Hall–Kier alpha value is -1.64. The third kappa shape index (κ3) is 2.55. The predicted molar refractivity (Wildman–Crippen MR) is 75.9 cm³/mol. The molecule has 0 aliphatic carbocycles. The van der Waals surface area contributed by atoms with Gasteiger partial charge >= 0.3 is 0 Å². The number of methoxy groups -OCH3 is 1. The molecule has 1 aliphatic rings. The van der Waals surface area contributed by atoms with Crippen LogP contribution in [0.15, 0.2) is 48.5 Å². The van der Waals surface area contributed by atoms with Gasteiger partial charge in [0.2, 0.25) is 0 Å². The van der Waals surface area contributed by atoms with Crippen molar-refractivity contribution in [2.24, 2.45) is 0 Å². The molecule has 0 spiro atoms. The minimum Gasteiger partial charge on any atom is -0.353 e. The Labute approximate surface area is 114 Å². The van der Waals surface area contributed by atoms with E-state index in [-0.39, 0.29) is 12.4 Å². The molecule has 0 N–H and O–H groups in total. The second-order valence-electron chi connectivity index (χ2n) is 4.83. The standard InChI is InChI=1S/C17H18O2/c1-3-12-4-6-13(7-5-12)14-8-10-15(11-9-14)16-17(18-2)19-16/h4-11,16-17H,3H2,1-2H3. The maximum atomic E-state index is 5.41. The summed E-state index contributed by atoms with van der Waals surface area (Å²) in [5.41, 5.74) is 5.04. The van der Waals surface area contributed by atoms with E-state index in [1.165, 1.54) is 22.3 Å².